The number of pyridine rings is 1. The van der Waals surface area contributed by atoms with Crippen molar-refractivity contribution in [1.82, 2.24) is 4.98 Å². The number of Topliss-reactive ketones (excluding diaryl/α,β-unsaturated/α-hetero) is 2. The Morgan fingerprint density at radius 1 is 1.00 bits per heavy atom. The molecule has 1 N–H and O–H groups in total. The molecular formula is C29H29NO5. The van der Waals surface area contributed by atoms with E-state index in [0.29, 0.717) is 22.8 Å². The number of aliphatic hydroxyl groups is 1. The minimum atomic E-state index is -0.162. The minimum Gasteiger partial charge on any atom is -0.493 e. The third kappa shape index (κ3) is 5.49. The van der Waals surface area contributed by atoms with E-state index in [1.165, 1.54) is 12.7 Å². The topological polar surface area (TPSA) is 85.7 Å². The van der Waals surface area contributed by atoms with Crippen LogP contribution < -0.4 is 9.47 Å². The summed E-state index contributed by atoms with van der Waals surface area (Å²) < 4.78 is 10.7. The molecule has 0 amide bonds. The van der Waals surface area contributed by atoms with Crippen LogP contribution in [0.4, 0.5) is 0 Å². The van der Waals surface area contributed by atoms with Gasteiger partial charge < -0.3 is 14.6 Å². The summed E-state index contributed by atoms with van der Waals surface area (Å²) in [6, 6.07) is 17.0. The van der Waals surface area contributed by atoms with E-state index in [4.69, 9.17) is 19.6 Å². The molecule has 1 aliphatic carbocycles. The lowest BCUT2D eigenvalue weighted by molar-refractivity contribution is 0.0914. The smallest absolute Gasteiger partial charge is 0.181 e. The summed E-state index contributed by atoms with van der Waals surface area (Å²) in [6.45, 7) is 2.06. The molecule has 0 radical (unpaired) electrons. The molecule has 1 aromatic heterocycles. The highest BCUT2D eigenvalue weighted by Crippen LogP contribution is 2.32. The number of ether oxygens (including phenoxy) is 2. The first-order chi connectivity index (χ1) is 17.0. The van der Waals surface area contributed by atoms with Crippen molar-refractivity contribution in [3.8, 4) is 11.5 Å². The van der Waals surface area contributed by atoms with Gasteiger partial charge in [0.15, 0.2) is 23.1 Å². The van der Waals surface area contributed by atoms with Gasteiger partial charge in [0.05, 0.1) is 19.4 Å². The molecule has 0 saturated carbocycles. The highest BCUT2D eigenvalue weighted by Gasteiger charge is 2.20. The maximum Gasteiger partial charge on any atom is 0.181 e. The van der Waals surface area contributed by atoms with Crippen molar-refractivity contribution < 1.29 is 24.2 Å². The standard InChI is InChI=1S/C29H29NO5/c1-3-19-16-24(23-10-8-20-6-4-5-7-22(20)23)30-25(17-19)27(33)12-11-26(32)21-9-13-28(35-15-14-31)29(18-21)34-2/h4-7,9-10,13,16-18,31H,3,8,11-12,14-15H2,1-2H3. The molecule has 3 aromatic rings. The molecule has 0 spiro atoms. The summed E-state index contributed by atoms with van der Waals surface area (Å²) in [5.41, 5.74) is 6.13. The monoisotopic (exact) mass is 471 g/mol. The fraction of sp³-hybridized carbons (Fsp3) is 0.276. The van der Waals surface area contributed by atoms with E-state index < -0.39 is 0 Å². The number of aliphatic hydroxyl groups excluding tert-OH is 1. The molecule has 2 aromatic carbocycles. The number of fused-ring (bicyclic) bond motifs is 1. The number of rotatable bonds is 11. The average molecular weight is 472 g/mol. The van der Waals surface area contributed by atoms with Crippen molar-refractivity contribution in [3.05, 3.63) is 94.3 Å². The molecule has 0 atom stereocenters. The number of nitrogens with zero attached hydrogens (tertiary/aromatic N) is 1. The van der Waals surface area contributed by atoms with Crippen LogP contribution in [-0.2, 0) is 12.8 Å². The SMILES string of the molecule is CCc1cc(C(=O)CCC(=O)c2ccc(OCCO)c(OC)c2)nc(C2=CCc3ccccc32)c1. The summed E-state index contributed by atoms with van der Waals surface area (Å²) >= 11 is 0. The van der Waals surface area contributed by atoms with Crippen LogP contribution >= 0.6 is 0 Å². The second-order valence-electron chi connectivity index (χ2n) is 8.36. The van der Waals surface area contributed by atoms with E-state index in [0.717, 1.165) is 35.2 Å². The molecule has 180 valence electrons. The Bertz CT molecular complexity index is 1280. The van der Waals surface area contributed by atoms with Gasteiger partial charge in [-0.1, -0.05) is 37.3 Å². The minimum absolute atomic E-state index is 0.0672. The zero-order valence-corrected chi connectivity index (χ0v) is 20.0. The molecule has 0 aliphatic heterocycles. The number of carbonyl (C=O) groups is 2. The van der Waals surface area contributed by atoms with E-state index in [1.807, 2.05) is 24.3 Å². The van der Waals surface area contributed by atoms with Crippen molar-refractivity contribution in [3.63, 3.8) is 0 Å². The lowest BCUT2D eigenvalue weighted by Gasteiger charge is -2.11. The summed E-state index contributed by atoms with van der Waals surface area (Å²) in [5, 5.41) is 8.94. The molecule has 6 heteroatoms. The Hall–Kier alpha value is -3.77. The predicted octanol–water partition coefficient (Wildman–Crippen LogP) is 4.86. The lowest BCUT2D eigenvalue weighted by Crippen LogP contribution is -2.09. The van der Waals surface area contributed by atoms with Gasteiger partial charge in [0, 0.05) is 24.0 Å². The third-order valence-electron chi connectivity index (χ3n) is 6.10. The summed E-state index contributed by atoms with van der Waals surface area (Å²) in [4.78, 5) is 30.5. The lowest BCUT2D eigenvalue weighted by atomic mass is 9.99. The summed E-state index contributed by atoms with van der Waals surface area (Å²) in [5.74, 6) is 0.536. The van der Waals surface area contributed by atoms with Crippen LogP contribution in [0.5, 0.6) is 11.5 Å². The Labute approximate surface area is 205 Å². The first-order valence-electron chi connectivity index (χ1n) is 11.8. The van der Waals surface area contributed by atoms with Gasteiger partial charge in [-0.25, -0.2) is 4.98 Å². The van der Waals surface area contributed by atoms with Gasteiger partial charge in [0.1, 0.15) is 12.3 Å². The second kappa shape index (κ2) is 11.1. The Balaban J connectivity index is 1.49. The number of hydrogen-bond donors (Lipinski definition) is 1. The molecular weight excluding hydrogens is 442 g/mol. The van der Waals surface area contributed by atoms with Crippen LogP contribution in [0.2, 0.25) is 0 Å². The molecule has 0 unspecified atom stereocenters. The van der Waals surface area contributed by atoms with Gasteiger partial charge >= 0.3 is 0 Å². The van der Waals surface area contributed by atoms with E-state index in [-0.39, 0.29) is 37.6 Å². The fourth-order valence-electron chi connectivity index (χ4n) is 4.21. The number of methoxy groups -OCH3 is 1. The van der Waals surface area contributed by atoms with Crippen LogP contribution in [0.15, 0.2) is 60.7 Å². The largest absolute Gasteiger partial charge is 0.493 e. The molecule has 1 aliphatic rings. The molecule has 35 heavy (non-hydrogen) atoms. The highest BCUT2D eigenvalue weighted by atomic mass is 16.5. The van der Waals surface area contributed by atoms with Crippen molar-refractivity contribution in [2.45, 2.75) is 32.6 Å². The second-order valence-corrected chi connectivity index (χ2v) is 8.36. The first-order valence-corrected chi connectivity index (χ1v) is 11.8. The van der Waals surface area contributed by atoms with Crippen LogP contribution in [-0.4, -0.2) is 42.0 Å². The number of aromatic nitrogens is 1. The predicted molar refractivity (Wildman–Crippen MR) is 134 cm³/mol. The quantitative estimate of drug-likeness (QED) is 0.402. The Morgan fingerprint density at radius 2 is 1.80 bits per heavy atom. The van der Waals surface area contributed by atoms with Crippen molar-refractivity contribution in [2.24, 2.45) is 0 Å². The van der Waals surface area contributed by atoms with Gasteiger partial charge in [0.25, 0.3) is 0 Å². The van der Waals surface area contributed by atoms with E-state index in [9.17, 15) is 9.59 Å². The number of benzene rings is 2. The molecule has 6 nitrogen and oxygen atoms in total. The number of carbonyl (C=O) groups excluding carboxylic acids is 2. The molecule has 0 fully saturated rings. The van der Waals surface area contributed by atoms with E-state index >= 15 is 0 Å². The maximum atomic E-state index is 13.1. The Kier molecular flexibility index (Phi) is 7.73. The third-order valence-corrected chi connectivity index (χ3v) is 6.10. The molecule has 4 rings (SSSR count). The normalized spacial score (nSPS) is 12.1. The highest BCUT2D eigenvalue weighted by molar-refractivity contribution is 6.02. The van der Waals surface area contributed by atoms with Crippen LogP contribution in [0.1, 0.15) is 63.0 Å². The summed E-state index contributed by atoms with van der Waals surface area (Å²) in [6.07, 6.45) is 3.94. The fourth-order valence-corrected chi connectivity index (χ4v) is 4.21. The summed E-state index contributed by atoms with van der Waals surface area (Å²) in [7, 11) is 1.49. The van der Waals surface area contributed by atoms with Crippen molar-refractivity contribution in [1.29, 1.82) is 0 Å². The zero-order chi connectivity index (χ0) is 24.8. The van der Waals surface area contributed by atoms with Crippen LogP contribution in [0.25, 0.3) is 5.57 Å². The molecule has 0 bridgehead atoms. The molecule has 0 saturated heterocycles. The van der Waals surface area contributed by atoms with Crippen LogP contribution in [0.3, 0.4) is 0 Å². The number of ketones is 2. The Morgan fingerprint density at radius 3 is 2.57 bits per heavy atom. The first kappa shape index (κ1) is 24.4. The maximum absolute atomic E-state index is 13.1. The van der Waals surface area contributed by atoms with Gasteiger partial charge in [-0.05, 0) is 59.9 Å². The molecule has 1 heterocycles. The number of allylic oxidation sites excluding steroid dienone is 1. The van der Waals surface area contributed by atoms with Gasteiger partial charge in [-0.15, -0.1) is 0 Å². The van der Waals surface area contributed by atoms with Gasteiger partial charge in [0.2, 0.25) is 0 Å². The van der Waals surface area contributed by atoms with Crippen LogP contribution in [0, 0.1) is 0 Å². The number of aryl methyl sites for hydroxylation is 1. The van der Waals surface area contributed by atoms with Gasteiger partial charge in [-0.2, -0.15) is 0 Å². The zero-order valence-electron chi connectivity index (χ0n) is 20.0. The van der Waals surface area contributed by atoms with Crippen molar-refractivity contribution in [2.75, 3.05) is 20.3 Å². The number of hydrogen-bond acceptors (Lipinski definition) is 6. The van der Waals surface area contributed by atoms with E-state index in [2.05, 4.69) is 25.1 Å². The van der Waals surface area contributed by atoms with Gasteiger partial charge in [-0.3, -0.25) is 9.59 Å². The van der Waals surface area contributed by atoms with E-state index in [1.54, 1.807) is 18.2 Å². The average Bonchev–Trinajstić information content (AvgIpc) is 3.34. The van der Waals surface area contributed by atoms with Crippen molar-refractivity contribution >= 4 is 17.1 Å².